The van der Waals surface area contributed by atoms with Gasteiger partial charge in [-0.1, -0.05) is 22.8 Å². The first-order valence-corrected chi connectivity index (χ1v) is 7.02. The van der Waals surface area contributed by atoms with Crippen molar-refractivity contribution in [1.82, 2.24) is 10.1 Å². The molecule has 0 unspecified atom stereocenters. The highest BCUT2D eigenvalue weighted by Gasteiger charge is 2.42. The van der Waals surface area contributed by atoms with Gasteiger partial charge in [0.1, 0.15) is 11.5 Å². The second-order valence-corrected chi connectivity index (χ2v) is 5.36. The van der Waals surface area contributed by atoms with Crippen LogP contribution < -0.4 is 0 Å². The molecule has 9 heteroatoms. The van der Waals surface area contributed by atoms with Crippen molar-refractivity contribution in [3.8, 4) is 0 Å². The van der Waals surface area contributed by atoms with Gasteiger partial charge in [-0.15, -0.1) is 0 Å². The molecule has 1 heterocycles. The van der Waals surface area contributed by atoms with E-state index in [1.165, 1.54) is 25.1 Å². The molecule has 0 atom stereocenters. The summed E-state index contributed by atoms with van der Waals surface area (Å²) in [4.78, 5) is 12.8. The molecule has 0 aliphatic carbocycles. The average Bonchev–Trinajstić information content (AvgIpc) is 2.91. The maximum Gasteiger partial charge on any atom is 0.455 e. The summed E-state index contributed by atoms with van der Waals surface area (Å²) in [7, 11) is 2.88. The molecule has 0 aromatic carbocycles. The van der Waals surface area contributed by atoms with E-state index in [2.05, 4.69) is 5.16 Å². The molecular weight excluding hydrogens is 352 g/mol. The van der Waals surface area contributed by atoms with E-state index in [0.29, 0.717) is 0 Å². The van der Waals surface area contributed by atoms with Gasteiger partial charge in [0.25, 0.3) is 5.78 Å². The quantitative estimate of drug-likeness (QED) is 0.435. The Balaban J connectivity index is 3.44. The van der Waals surface area contributed by atoms with Crippen molar-refractivity contribution in [2.45, 2.75) is 20.0 Å². The van der Waals surface area contributed by atoms with Gasteiger partial charge in [0.05, 0.1) is 11.1 Å². The van der Waals surface area contributed by atoms with Gasteiger partial charge in [-0.2, -0.15) is 13.2 Å². The monoisotopic (exact) mass is 366 g/mol. The van der Waals surface area contributed by atoms with Crippen LogP contribution in [0.15, 0.2) is 33.7 Å². The molecule has 24 heavy (non-hydrogen) atoms. The molecule has 4 nitrogen and oxygen atoms in total. The van der Waals surface area contributed by atoms with Crippen LogP contribution in [-0.2, 0) is 4.79 Å². The summed E-state index contributed by atoms with van der Waals surface area (Å²) in [6.45, 7) is 2.67. The number of halogens is 5. The zero-order chi connectivity index (χ0) is 18.7. The van der Waals surface area contributed by atoms with E-state index >= 15 is 0 Å². The number of allylic oxidation sites excluding steroid dienone is 5. The highest BCUT2D eigenvalue weighted by atomic mass is 35.5. The van der Waals surface area contributed by atoms with E-state index in [0.717, 1.165) is 19.2 Å². The molecule has 0 saturated heterocycles. The summed E-state index contributed by atoms with van der Waals surface area (Å²) in [5, 5.41) is 3.53. The first kappa shape index (κ1) is 20.0. The number of carbonyl (C=O) groups excluding carboxylic acids is 1. The van der Waals surface area contributed by atoms with Gasteiger partial charge < -0.3 is 9.42 Å². The lowest BCUT2D eigenvalue weighted by Gasteiger charge is -2.10. The molecular formula is C15H15ClF4N2O2. The van der Waals surface area contributed by atoms with Crippen LogP contribution in [0.4, 0.5) is 17.6 Å². The Kier molecular flexibility index (Phi) is 6.36. The lowest BCUT2D eigenvalue weighted by atomic mass is 10.1. The van der Waals surface area contributed by atoms with Crippen LogP contribution in [0.2, 0.25) is 0 Å². The number of rotatable bonds is 5. The largest absolute Gasteiger partial charge is 0.455 e. The van der Waals surface area contributed by atoms with Crippen molar-refractivity contribution >= 4 is 28.5 Å². The second-order valence-electron chi connectivity index (χ2n) is 4.95. The Bertz CT molecular complexity index is 711. The van der Waals surface area contributed by atoms with E-state index in [9.17, 15) is 22.4 Å². The fourth-order valence-electron chi connectivity index (χ4n) is 1.77. The second kappa shape index (κ2) is 7.65. The van der Waals surface area contributed by atoms with Gasteiger partial charge in [0.15, 0.2) is 5.76 Å². The summed E-state index contributed by atoms with van der Waals surface area (Å²) >= 11 is 5.88. The molecule has 0 aliphatic rings. The Morgan fingerprint density at radius 2 is 1.96 bits per heavy atom. The Hall–Kier alpha value is -2.09. The first-order chi connectivity index (χ1) is 11.0. The van der Waals surface area contributed by atoms with Crippen LogP contribution >= 0.6 is 11.6 Å². The first-order valence-electron chi connectivity index (χ1n) is 6.64. The number of carbonyl (C=O) groups is 1. The maximum absolute atomic E-state index is 13.7. The normalized spacial score (nSPS) is 14.5. The lowest BCUT2D eigenvalue weighted by molar-refractivity contribution is -0.164. The number of hydrogen-bond acceptors (Lipinski definition) is 4. The fraction of sp³-hybridized carbons (Fsp3) is 0.333. The minimum absolute atomic E-state index is 0.00939. The number of alkyl halides is 3. The topological polar surface area (TPSA) is 46.3 Å². The number of ketones is 1. The van der Waals surface area contributed by atoms with Crippen LogP contribution in [0.5, 0.6) is 0 Å². The summed E-state index contributed by atoms with van der Waals surface area (Å²) in [6.07, 6.45) is -2.75. The predicted molar refractivity (Wildman–Crippen MR) is 82.5 cm³/mol. The minimum Gasteiger partial charge on any atom is -0.383 e. The van der Waals surface area contributed by atoms with Crippen LogP contribution in [0.1, 0.15) is 25.3 Å². The van der Waals surface area contributed by atoms with Gasteiger partial charge in [-0.3, -0.25) is 4.79 Å². The van der Waals surface area contributed by atoms with Crippen molar-refractivity contribution < 1.29 is 26.9 Å². The van der Waals surface area contributed by atoms with Gasteiger partial charge in [-0.05, 0) is 13.8 Å². The third kappa shape index (κ3) is 4.70. The van der Waals surface area contributed by atoms with Gasteiger partial charge in [0, 0.05) is 31.4 Å². The molecule has 0 aliphatic heterocycles. The Morgan fingerprint density at radius 3 is 2.38 bits per heavy atom. The molecule has 0 radical (unpaired) electrons. The summed E-state index contributed by atoms with van der Waals surface area (Å²) in [6, 6.07) is 1.03. The molecule has 0 amide bonds. The zero-order valence-corrected chi connectivity index (χ0v) is 14.1. The molecule has 132 valence electrons. The molecule has 0 saturated carbocycles. The number of hydrogen-bond donors (Lipinski definition) is 0. The predicted octanol–water partition coefficient (Wildman–Crippen LogP) is 4.55. The SMILES string of the molecule is CC=C(Cl)C(=C(C)F)c1cc(C(=CN(C)C)C(=O)C(F)(F)F)on1. The minimum atomic E-state index is -5.09. The van der Waals surface area contributed by atoms with Gasteiger partial charge in [0.2, 0.25) is 0 Å². The highest BCUT2D eigenvalue weighted by Crippen LogP contribution is 2.33. The van der Waals surface area contributed by atoms with E-state index in [4.69, 9.17) is 16.1 Å². The van der Waals surface area contributed by atoms with Crippen molar-refractivity contribution in [2.24, 2.45) is 0 Å². The zero-order valence-electron chi connectivity index (χ0n) is 13.3. The van der Waals surface area contributed by atoms with Crippen LogP contribution in [0.3, 0.4) is 0 Å². The molecule has 0 fully saturated rings. The number of Topliss-reactive ketones (excluding diaryl/α,β-unsaturated/α-hetero) is 1. The third-order valence-corrected chi connectivity index (χ3v) is 3.17. The summed E-state index contributed by atoms with van der Waals surface area (Å²) in [5.74, 6) is -3.24. The third-order valence-electron chi connectivity index (χ3n) is 2.76. The van der Waals surface area contributed by atoms with Crippen LogP contribution in [0.25, 0.3) is 11.1 Å². The van der Waals surface area contributed by atoms with Crippen molar-refractivity contribution in [2.75, 3.05) is 14.1 Å². The van der Waals surface area contributed by atoms with Crippen LogP contribution in [-0.4, -0.2) is 36.1 Å². The highest BCUT2D eigenvalue weighted by molar-refractivity contribution is 6.37. The van der Waals surface area contributed by atoms with Gasteiger partial charge in [-0.25, -0.2) is 4.39 Å². The fourth-order valence-corrected chi connectivity index (χ4v) is 2.00. The van der Waals surface area contributed by atoms with E-state index in [-0.39, 0.29) is 16.3 Å². The molecule has 1 rings (SSSR count). The summed E-state index contributed by atoms with van der Waals surface area (Å²) < 4.78 is 56.7. The van der Waals surface area contributed by atoms with Crippen molar-refractivity contribution in [1.29, 1.82) is 0 Å². The number of aromatic nitrogens is 1. The Morgan fingerprint density at radius 1 is 1.38 bits per heavy atom. The number of nitrogens with zero attached hydrogens (tertiary/aromatic N) is 2. The molecule has 0 spiro atoms. The lowest BCUT2D eigenvalue weighted by Crippen LogP contribution is -2.24. The maximum atomic E-state index is 13.7. The van der Waals surface area contributed by atoms with E-state index < -0.39 is 29.1 Å². The average molecular weight is 367 g/mol. The Labute approximate surface area is 141 Å². The standard InChI is InChI=1S/C15H15ClF4N2O2/c1-5-10(16)13(8(2)17)11-6-12(24-21-11)9(7-22(3)4)14(23)15(18,19)20/h5-7H,1-4H3. The van der Waals surface area contributed by atoms with Crippen molar-refractivity contribution in [3.63, 3.8) is 0 Å². The van der Waals surface area contributed by atoms with E-state index in [1.807, 2.05) is 0 Å². The van der Waals surface area contributed by atoms with Crippen LogP contribution in [0, 0.1) is 0 Å². The molecule has 0 bridgehead atoms. The van der Waals surface area contributed by atoms with Gasteiger partial charge >= 0.3 is 6.18 Å². The molecule has 0 N–H and O–H groups in total. The van der Waals surface area contributed by atoms with Crippen molar-refractivity contribution in [3.05, 3.63) is 40.7 Å². The summed E-state index contributed by atoms with van der Waals surface area (Å²) in [5.41, 5.74) is -0.996. The molecule has 1 aromatic rings. The smallest absolute Gasteiger partial charge is 0.383 e. The molecule has 1 aromatic heterocycles. The van der Waals surface area contributed by atoms with E-state index in [1.54, 1.807) is 6.92 Å².